The van der Waals surface area contributed by atoms with E-state index in [2.05, 4.69) is 20.5 Å². The number of rotatable bonds is 6. The second-order valence-corrected chi connectivity index (χ2v) is 5.39. The molecular weight excluding hydrogens is 274 g/mol. The topological polar surface area (TPSA) is 100 Å². The monoisotopic (exact) mass is 295 g/mol. The number of nitrogens with one attached hydrogen (secondary N) is 1. The summed E-state index contributed by atoms with van der Waals surface area (Å²) in [7, 11) is 0. The summed E-state index contributed by atoms with van der Waals surface area (Å²) in [5.74, 6) is -0.479. The van der Waals surface area contributed by atoms with Crippen LogP contribution in [0.5, 0.6) is 0 Å². The summed E-state index contributed by atoms with van der Waals surface area (Å²) in [5.41, 5.74) is -0.0241. The van der Waals surface area contributed by atoms with Crippen molar-refractivity contribution >= 4 is 11.9 Å². The van der Waals surface area contributed by atoms with Gasteiger partial charge in [0.25, 0.3) is 0 Å². The zero-order valence-corrected chi connectivity index (χ0v) is 12.2. The van der Waals surface area contributed by atoms with Gasteiger partial charge in [-0.25, -0.2) is 4.79 Å². The van der Waals surface area contributed by atoms with Gasteiger partial charge in [0.1, 0.15) is 0 Å². The van der Waals surface area contributed by atoms with Crippen molar-refractivity contribution in [2.24, 2.45) is 5.92 Å². The maximum Gasteiger partial charge on any atom is 0.358 e. The summed E-state index contributed by atoms with van der Waals surface area (Å²) in [5, 5.41) is 19.0. The number of carboxylic acids is 1. The first-order valence-electron chi connectivity index (χ1n) is 7.15. The summed E-state index contributed by atoms with van der Waals surface area (Å²) >= 11 is 0. The largest absolute Gasteiger partial charge is 0.476 e. The van der Waals surface area contributed by atoms with Crippen molar-refractivity contribution in [2.45, 2.75) is 26.3 Å². The molecule has 0 unspecified atom stereocenters. The number of nitrogens with zero attached hydrogens (tertiary/aromatic N) is 4. The Morgan fingerprint density at radius 2 is 2.10 bits per heavy atom. The van der Waals surface area contributed by atoms with E-state index >= 15 is 0 Å². The summed E-state index contributed by atoms with van der Waals surface area (Å²) in [6, 6.07) is 0. The van der Waals surface area contributed by atoms with Crippen LogP contribution in [0.1, 0.15) is 30.3 Å². The minimum absolute atomic E-state index is 0.0241. The number of aromatic carboxylic acids is 1. The van der Waals surface area contributed by atoms with Crippen LogP contribution in [0.3, 0.4) is 0 Å². The van der Waals surface area contributed by atoms with Crippen molar-refractivity contribution in [3.63, 3.8) is 0 Å². The quantitative estimate of drug-likeness (QED) is 0.755. The summed E-state index contributed by atoms with van der Waals surface area (Å²) in [4.78, 5) is 23.9. The number of carboxylic acid groups (broad SMARTS) is 1. The summed E-state index contributed by atoms with van der Waals surface area (Å²) < 4.78 is 1.56. The normalized spacial score (nSPS) is 16.8. The van der Waals surface area contributed by atoms with Gasteiger partial charge in [-0.1, -0.05) is 5.21 Å². The molecule has 0 atom stereocenters. The molecule has 8 nitrogen and oxygen atoms in total. The average Bonchev–Trinajstić information content (AvgIpc) is 2.93. The lowest BCUT2D eigenvalue weighted by molar-refractivity contribution is -0.119. The Labute approximate surface area is 123 Å². The number of hydrogen-bond acceptors (Lipinski definition) is 5. The molecule has 1 aliphatic rings. The minimum Gasteiger partial charge on any atom is -0.476 e. The van der Waals surface area contributed by atoms with Crippen molar-refractivity contribution < 1.29 is 14.7 Å². The van der Waals surface area contributed by atoms with Crippen LogP contribution in [0, 0.1) is 5.92 Å². The molecule has 116 valence electrons. The highest BCUT2D eigenvalue weighted by Crippen LogP contribution is 2.16. The van der Waals surface area contributed by atoms with E-state index < -0.39 is 5.97 Å². The molecule has 0 saturated carbocycles. The first kappa shape index (κ1) is 15.4. The van der Waals surface area contributed by atoms with Gasteiger partial charge in [0.15, 0.2) is 5.69 Å². The molecule has 1 aromatic rings. The van der Waals surface area contributed by atoms with Gasteiger partial charge in [0.2, 0.25) is 5.91 Å². The number of aromatic nitrogens is 3. The number of carbonyl (C=O) groups is 2. The van der Waals surface area contributed by atoms with Crippen LogP contribution in [0.4, 0.5) is 0 Å². The zero-order valence-electron chi connectivity index (χ0n) is 12.2. The highest BCUT2D eigenvalue weighted by molar-refractivity contribution is 5.84. The van der Waals surface area contributed by atoms with Crippen LogP contribution in [0.15, 0.2) is 6.20 Å². The third kappa shape index (κ3) is 4.82. The SMILES string of the molecule is CC(=O)NCC1CCN(CCn2cc(C(=O)O)nn2)CC1. The molecule has 0 bridgehead atoms. The number of carbonyl (C=O) groups excluding carboxylic acids is 1. The fraction of sp³-hybridized carbons (Fsp3) is 0.692. The lowest BCUT2D eigenvalue weighted by Crippen LogP contribution is -2.39. The Bertz CT molecular complexity index is 494. The molecule has 2 heterocycles. The van der Waals surface area contributed by atoms with E-state index in [9.17, 15) is 9.59 Å². The predicted octanol–water partition coefficient (Wildman–Crippen LogP) is -0.176. The maximum absolute atomic E-state index is 10.9. The molecule has 2 rings (SSSR count). The van der Waals surface area contributed by atoms with Gasteiger partial charge in [-0.3, -0.25) is 9.48 Å². The van der Waals surface area contributed by atoms with Crippen LogP contribution < -0.4 is 5.32 Å². The van der Waals surface area contributed by atoms with Crippen LogP contribution in [-0.4, -0.2) is 63.1 Å². The first-order valence-corrected chi connectivity index (χ1v) is 7.15. The number of piperidine rings is 1. The molecule has 0 radical (unpaired) electrons. The zero-order chi connectivity index (χ0) is 15.2. The van der Waals surface area contributed by atoms with Crippen LogP contribution in [0.25, 0.3) is 0 Å². The number of hydrogen-bond donors (Lipinski definition) is 2. The molecule has 2 N–H and O–H groups in total. The molecule has 21 heavy (non-hydrogen) atoms. The number of amides is 1. The van der Waals surface area contributed by atoms with Gasteiger partial charge in [-0.2, -0.15) is 0 Å². The van der Waals surface area contributed by atoms with E-state index in [0.29, 0.717) is 12.5 Å². The van der Waals surface area contributed by atoms with Crippen molar-refractivity contribution in [1.29, 1.82) is 0 Å². The van der Waals surface area contributed by atoms with E-state index in [0.717, 1.165) is 39.0 Å². The maximum atomic E-state index is 10.9. The van der Waals surface area contributed by atoms with Gasteiger partial charge in [0.05, 0.1) is 12.7 Å². The standard InChI is InChI=1S/C13H21N5O3/c1-10(19)14-8-11-2-4-17(5-3-11)6-7-18-9-12(13(20)21)15-16-18/h9,11H,2-8H2,1H3,(H,14,19)(H,20,21). The van der Waals surface area contributed by atoms with E-state index in [4.69, 9.17) is 5.11 Å². The Kier molecular flexibility index (Phi) is 5.26. The molecule has 0 spiro atoms. The molecule has 0 aromatic carbocycles. The molecule has 1 amide bonds. The van der Waals surface area contributed by atoms with E-state index in [1.54, 1.807) is 11.6 Å². The van der Waals surface area contributed by atoms with Crippen molar-refractivity contribution in [3.8, 4) is 0 Å². The summed E-state index contributed by atoms with van der Waals surface area (Å²) in [6.07, 6.45) is 3.59. The highest BCUT2D eigenvalue weighted by Gasteiger charge is 2.19. The van der Waals surface area contributed by atoms with Crippen LogP contribution in [0.2, 0.25) is 0 Å². The Balaban J connectivity index is 1.68. The van der Waals surface area contributed by atoms with Gasteiger partial charge in [0, 0.05) is 20.0 Å². The summed E-state index contributed by atoms with van der Waals surface area (Å²) in [6.45, 7) is 5.74. The molecule has 0 aliphatic carbocycles. The third-order valence-electron chi connectivity index (χ3n) is 3.75. The lowest BCUT2D eigenvalue weighted by atomic mass is 9.97. The molecule has 1 saturated heterocycles. The van der Waals surface area contributed by atoms with E-state index in [1.165, 1.54) is 6.20 Å². The Morgan fingerprint density at radius 1 is 1.38 bits per heavy atom. The van der Waals surface area contributed by atoms with Gasteiger partial charge in [-0.05, 0) is 31.8 Å². The van der Waals surface area contributed by atoms with E-state index in [-0.39, 0.29) is 11.6 Å². The average molecular weight is 295 g/mol. The lowest BCUT2D eigenvalue weighted by Gasteiger charge is -2.31. The first-order chi connectivity index (χ1) is 10.0. The Hall–Kier alpha value is -1.96. The number of likely N-dealkylation sites (tertiary alicyclic amines) is 1. The van der Waals surface area contributed by atoms with Crippen molar-refractivity contribution in [2.75, 3.05) is 26.2 Å². The predicted molar refractivity (Wildman–Crippen MR) is 74.8 cm³/mol. The fourth-order valence-corrected chi connectivity index (χ4v) is 2.45. The second-order valence-electron chi connectivity index (χ2n) is 5.39. The molecular formula is C13H21N5O3. The second kappa shape index (κ2) is 7.16. The molecule has 8 heteroatoms. The fourth-order valence-electron chi connectivity index (χ4n) is 2.45. The van der Waals surface area contributed by atoms with Gasteiger partial charge >= 0.3 is 5.97 Å². The van der Waals surface area contributed by atoms with Crippen molar-refractivity contribution in [1.82, 2.24) is 25.2 Å². The Morgan fingerprint density at radius 3 is 2.67 bits per heavy atom. The van der Waals surface area contributed by atoms with Gasteiger partial charge in [-0.15, -0.1) is 5.10 Å². The smallest absolute Gasteiger partial charge is 0.358 e. The highest BCUT2D eigenvalue weighted by atomic mass is 16.4. The van der Waals surface area contributed by atoms with Crippen molar-refractivity contribution in [3.05, 3.63) is 11.9 Å². The van der Waals surface area contributed by atoms with E-state index in [1.807, 2.05) is 0 Å². The minimum atomic E-state index is -1.06. The molecule has 1 aliphatic heterocycles. The molecule has 1 aromatic heterocycles. The molecule has 1 fully saturated rings. The van der Waals surface area contributed by atoms with Gasteiger partial charge < -0.3 is 15.3 Å². The van der Waals surface area contributed by atoms with Crippen LogP contribution in [-0.2, 0) is 11.3 Å². The third-order valence-corrected chi connectivity index (χ3v) is 3.75. The van der Waals surface area contributed by atoms with Crippen LogP contribution >= 0.6 is 0 Å².